The molecule has 3 rings (SSSR count). The molecule has 0 aliphatic heterocycles. The molecule has 0 saturated heterocycles. The lowest BCUT2D eigenvalue weighted by Gasteiger charge is -2.00. The zero-order chi connectivity index (χ0) is 14.1. The molecule has 0 fully saturated rings. The van der Waals surface area contributed by atoms with E-state index in [1.807, 2.05) is 25.1 Å². The molecule has 20 heavy (non-hydrogen) atoms. The largest absolute Gasteiger partial charge is 0.507 e. The molecule has 1 aromatic carbocycles. The van der Waals surface area contributed by atoms with Crippen LogP contribution in [0.3, 0.4) is 0 Å². The second-order valence-electron chi connectivity index (χ2n) is 4.33. The minimum absolute atomic E-state index is 0.0807. The Kier molecular flexibility index (Phi) is 3.12. The van der Waals surface area contributed by atoms with Gasteiger partial charge in [-0.2, -0.15) is 5.10 Å². The highest BCUT2D eigenvalue weighted by molar-refractivity contribution is 6.30. The van der Waals surface area contributed by atoms with Gasteiger partial charge in [0.25, 0.3) is 0 Å². The van der Waals surface area contributed by atoms with E-state index < -0.39 is 0 Å². The quantitative estimate of drug-likeness (QED) is 0.758. The number of hydrogen-bond donors (Lipinski definition) is 2. The normalized spacial score (nSPS) is 10.7. The van der Waals surface area contributed by atoms with Crippen LogP contribution in [0.15, 0.2) is 36.4 Å². The number of rotatable bonds is 2. The first-order chi connectivity index (χ1) is 9.63. The fourth-order valence-electron chi connectivity index (χ4n) is 1.86. The van der Waals surface area contributed by atoms with Gasteiger partial charge in [-0.25, -0.2) is 9.97 Å². The summed E-state index contributed by atoms with van der Waals surface area (Å²) < 4.78 is 0. The molecule has 0 saturated carbocycles. The Morgan fingerprint density at radius 1 is 1.15 bits per heavy atom. The van der Waals surface area contributed by atoms with Gasteiger partial charge >= 0.3 is 0 Å². The van der Waals surface area contributed by atoms with Crippen LogP contribution in [-0.4, -0.2) is 25.3 Å². The van der Waals surface area contributed by atoms with E-state index in [2.05, 4.69) is 20.2 Å². The number of phenolic OH excluding ortho intramolecular Hbond substituents is 1. The summed E-state index contributed by atoms with van der Waals surface area (Å²) in [6.45, 7) is 1.91. The van der Waals surface area contributed by atoms with Crippen LogP contribution in [0, 0.1) is 6.92 Å². The highest BCUT2D eigenvalue weighted by Crippen LogP contribution is 2.30. The SMILES string of the molecule is Cc1cccc(-c2nc(-c3cc(Cl)ccc3O)n[nH]2)n1. The average Bonchev–Trinajstić information content (AvgIpc) is 2.91. The molecule has 0 amide bonds. The summed E-state index contributed by atoms with van der Waals surface area (Å²) in [4.78, 5) is 8.71. The summed E-state index contributed by atoms with van der Waals surface area (Å²) in [5.74, 6) is 1.00. The van der Waals surface area contributed by atoms with Crippen molar-refractivity contribution in [3.63, 3.8) is 0 Å². The lowest BCUT2D eigenvalue weighted by Crippen LogP contribution is -1.88. The van der Waals surface area contributed by atoms with Crippen LogP contribution in [-0.2, 0) is 0 Å². The summed E-state index contributed by atoms with van der Waals surface area (Å²) in [6.07, 6.45) is 0. The fourth-order valence-corrected chi connectivity index (χ4v) is 2.03. The van der Waals surface area contributed by atoms with E-state index in [1.165, 1.54) is 6.07 Å². The summed E-state index contributed by atoms with van der Waals surface area (Å²) in [6, 6.07) is 10.4. The third-order valence-corrected chi connectivity index (χ3v) is 3.05. The van der Waals surface area contributed by atoms with Crippen molar-refractivity contribution in [1.29, 1.82) is 0 Å². The number of phenols is 1. The first-order valence-electron chi connectivity index (χ1n) is 5.99. The molecule has 0 aliphatic rings. The topological polar surface area (TPSA) is 74.7 Å². The molecule has 0 bridgehead atoms. The molecule has 0 unspecified atom stereocenters. The summed E-state index contributed by atoms with van der Waals surface area (Å²) >= 11 is 5.92. The fraction of sp³-hybridized carbons (Fsp3) is 0.0714. The zero-order valence-electron chi connectivity index (χ0n) is 10.6. The molecule has 5 nitrogen and oxygen atoms in total. The first-order valence-corrected chi connectivity index (χ1v) is 6.36. The molecule has 2 aromatic heterocycles. The summed E-state index contributed by atoms with van der Waals surface area (Å²) in [7, 11) is 0. The zero-order valence-corrected chi connectivity index (χ0v) is 11.4. The number of aryl methyl sites for hydroxylation is 1. The van der Waals surface area contributed by atoms with Crippen molar-refractivity contribution < 1.29 is 5.11 Å². The number of aromatic nitrogens is 4. The van der Waals surface area contributed by atoms with E-state index in [4.69, 9.17) is 11.6 Å². The molecule has 0 aliphatic carbocycles. The van der Waals surface area contributed by atoms with Gasteiger partial charge in [-0.05, 0) is 37.3 Å². The second-order valence-corrected chi connectivity index (χ2v) is 4.77. The maximum absolute atomic E-state index is 9.84. The van der Waals surface area contributed by atoms with Crippen molar-refractivity contribution in [2.45, 2.75) is 6.92 Å². The number of benzene rings is 1. The predicted octanol–water partition coefficient (Wildman–Crippen LogP) is 3.20. The Balaban J connectivity index is 2.04. The first kappa shape index (κ1) is 12.6. The molecule has 2 heterocycles. The van der Waals surface area contributed by atoms with Crippen LogP contribution in [0.5, 0.6) is 5.75 Å². The Hall–Kier alpha value is -2.40. The van der Waals surface area contributed by atoms with Crippen molar-refractivity contribution in [3.05, 3.63) is 47.1 Å². The van der Waals surface area contributed by atoms with Crippen LogP contribution in [0.1, 0.15) is 5.69 Å². The number of halogens is 1. The van der Waals surface area contributed by atoms with Gasteiger partial charge in [0.2, 0.25) is 0 Å². The van der Waals surface area contributed by atoms with Crippen LogP contribution in [0.2, 0.25) is 5.02 Å². The monoisotopic (exact) mass is 286 g/mol. The van der Waals surface area contributed by atoms with E-state index >= 15 is 0 Å². The van der Waals surface area contributed by atoms with Gasteiger partial charge in [0, 0.05) is 10.7 Å². The van der Waals surface area contributed by atoms with Crippen LogP contribution < -0.4 is 0 Å². The van der Waals surface area contributed by atoms with E-state index in [1.54, 1.807) is 12.1 Å². The van der Waals surface area contributed by atoms with Crippen LogP contribution in [0.4, 0.5) is 0 Å². The van der Waals surface area contributed by atoms with E-state index in [-0.39, 0.29) is 5.75 Å². The number of pyridine rings is 1. The molecule has 2 N–H and O–H groups in total. The van der Waals surface area contributed by atoms with Crippen molar-refractivity contribution in [1.82, 2.24) is 20.2 Å². The Morgan fingerprint density at radius 2 is 2.00 bits per heavy atom. The second kappa shape index (κ2) is 4.94. The molecule has 0 atom stereocenters. The lowest BCUT2D eigenvalue weighted by atomic mass is 10.2. The van der Waals surface area contributed by atoms with Crippen LogP contribution >= 0.6 is 11.6 Å². The Bertz CT molecular complexity index is 769. The highest BCUT2D eigenvalue weighted by atomic mass is 35.5. The average molecular weight is 287 g/mol. The van der Waals surface area contributed by atoms with Gasteiger partial charge in [0.1, 0.15) is 11.4 Å². The van der Waals surface area contributed by atoms with Crippen molar-refractivity contribution in [2.24, 2.45) is 0 Å². The third-order valence-electron chi connectivity index (χ3n) is 2.82. The van der Waals surface area contributed by atoms with Crippen molar-refractivity contribution >= 4 is 11.6 Å². The van der Waals surface area contributed by atoms with Gasteiger partial charge in [0.05, 0.1) is 5.56 Å². The Labute approximate surface area is 120 Å². The minimum Gasteiger partial charge on any atom is -0.507 e. The number of nitrogens with one attached hydrogen (secondary N) is 1. The molecule has 100 valence electrons. The molecule has 3 aromatic rings. The smallest absolute Gasteiger partial charge is 0.185 e. The third kappa shape index (κ3) is 2.35. The van der Waals surface area contributed by atoms with Crippen molar-refractivity contribution in [2.75, 3.05) is 0 Å². The maximum atomic E-state index is 9.84. The number of hydrogen-bond acceptors (Lipinski definition) is 4. The number of H-pyrrole nitrogens is 1. The standard InChI is InChI=1S/C14H11ClN4O/c1-8-3-2-4-11(16-8)14-17-13(18-19-14)10-7-9(15)5-6-12(10)20/h2-7,20H,1H3,(H,17,18,19). The van der Waals surface area contributed by atoms with E-state index in [0.29, 0.717) is 27.9 Å². The summed E-state index contributed by atoms with van der Waals surface area (Å²) in [5, 5.41) is 17.3. The van der Waals surface area contributed by atoms with Crippen LogP contribution in [0.25, 0.3) is 22.9 Å². The lowest BCUT2D eigenvalue weighted by molar-refractivity contribution is 0.477. The number of aromatic hydroxyl groups is 1. The van der Waals surface area contributed by atoms with Crippen molar-refractivity contribution in [3.8, 4) is 28.7 Å². The number of nitrogens with zero attached hydrogens (tertiary/aromatic N) is 3. The van der Waals surface area contributed by atoms with Gasteiger partial charge in [-0.3, -0.25) is 5.10 Å². The minimum atomic E-state index is 0.0807. The molecule has 0 spiro atoms. The van der Waals surface area contributed by atoms with E-state index in [9.17, 15) is 5.11 Å². The van der Waals surface area contributed by atoms with E-state index in [0.717, 1.165) is 5.69 Å². The molecular weight excluding hydrogens is 276 g/mol. The summed E-state index contributed by atoms with van der Waals surface area (Å²) in [5.41, 5.74) is 2.07. The van der Waals surface area contributed by atoms with Gasteiger partial charge in [0.15, 0.2) is 11.6 Å². The van der Waals surface area contributed by atoms with Gasteiger partial charge < -0.3 is 5.11 Å². The maximum Gasteiger partial charge on any atom is 0.185 e. The van der Waals surface area contributed by atoms with Gasteiger partial charge in [-0.15, -0.1) is 0 Å². The molecule has 0 radical (unpaired) electrons. The highest BCUT2D eigenvalue weighted by Gasteiger charge is 2.12. The Morgan fingerprint density at radius 3 is 2.80 bits per heavy atom. The number of aromatic amines is 1. The van der Waals surface area contributed by atoms with Gasteiger partial charge in [-0.1, -0.05) is 17.7 Å². The predicted molar refractivity (Wildman–Crippen MR) is 76.5 cm³/mol. The molecule has 6 heteroatoms. The molecular formula is C14H11ClN4O.